The van der Waals surface area contributed by atoms with E-state index in [2.05, 4.69) is 0 Å². The van der Waals surface area contributed by atoms with Gasteiger partial charge in [-0.1, -0.05) is 6.92 Å². The van der Waals surface area contributed by atoms with E-state index < -0.39 is 5.91 Å². The minimum atomic E-state index is -0.475. The van der Waals surface area contributed by atoms with Gasteiger partial charge in [-0.3, -0.25) is 9.59 Å². The fraction of sp³-hybridized carbons (Fsp3) is 0.800. The third-order valence-corrected chi connectivity index (χ3v) is 2.33. The lowest BCUT2D eigenvalue weighted by Gasteiger charge is -2.19. The second-order valence-corrected chi connectivity index (χ2v) is 3.75. The molecule has 0 rings (SSSR count). The Morgan fingerprint density at radius 2 is 2.00 bits per heavy atom. The molecule has 2 amide bonds. The Labute approximate surface area is 90.8 Å². The van der Waals surface area contributed by atoms with Gasteiger partial charge in [-0.25, -0.2) is 0 Å². The molecule has 88 valence electrons. The van der Waals surface area contributed by atoms with Crippen LogP contribution in [0.3, 0.4) is 0 Å². The van der Waals surface area contributed by atoms with Crippen LogP contribution in [0, 0.1) is 5.92 Å². The van der Waals surface area contributed by atoms with Gasteiger partial charge in [-0.15, -0.1) is 0 Å². The van der Waals surface area contributed by atoms with Crippen molar-refractivity contribution < 1.29 is 9.59 Å². The first-order chi connectivity index (χ1) is 7.01. The maximum absolute atomic E-state index is 11.6. The maximum Gasteiger partial charge on any atom is 0.237 e. The zero-order valence-corrected chi connectivity index (χ0v) is 9.53. The lowest BCUT2D eigenvalue weighted by molar-refractivity contribution is -0.135. The molecule has 0 aromatic rings. The highest BCUT2D eigenvalue weighted by molar-refractivity contribution is 5.83. The molecule has 5 heteroatoms. The number of amides is 2. The summed E-state index contributed by atoms with van der Waals surface area (Å²) in [5.74, 6) is -0.171. The van der Waals surface area contributed by atoms with Crippen LogP contribution in [-0.4, -0.2) is 36.3 Å². The molecule has 0 spiro atoms. The first-order valence-corrected chi connectivity index (χ1v) is 5.27. The Bertz CT molecular complexity index is 219. The largest absolute Gasteiger partial charge is 0.368 e. The zero-order valence-electron chi connectivity index (χ0n) is 9.53. The fourth-order valence-corrected chi connectivity index (χ4v) is 1.21. The average Bonchev–Trinajstić information content (AvgIpc) is 2.21. The van der Waals surface area contributed by atoms with Crippen molar-refractivity contribution in [3.8, 4) is 0 Å². The monoisotopic (exact) mass is 215 g/mol. The molecule has 4 N–H and O–H groups in total. The van der Waals surface area contributed by atoms with Crippen molar-refractivity contribution >= 4 is 11.8 Å². The lowest BCUT2D eigenvalue weighted by atomic mass is 10.1. The first kappa shape index (κ1) is 13.9. The number of likely N-dealkylation sites (N-methyl/N-ethyl adjacent to an activating group) is 1. The van der Waals surface area contributed by atoms with E-state index in [1.165, 1.54) is 4.90 Å². The van der Waals surface area contributed by atoms with E-state index in [-0.39, 0.29) is 12.5 Å². The van der Waals surface area contributed by atoms with E-state index in [0.29, 0.717) is 25.4 Å². The van der Waals surface area contributed by atoms with E-state index in [1.807, 2.05) is 13.8 Å². The van der Waals surface area contributed by atoms with E-state index in [4.69, 9.17) is 11.5 Å². The number of nitrogens with zero attached hydrogens (tertiary/aromatic N) is 1. The summed E-state index contributed by atoms with van der Waals surface area (Å²) < 4.78 is 0. The van der Waals surface area contributed by atoms with Gasteiger partial charge in [0.1, 0.15) is 0 Å². The SMILES string of the molecule is CCN(CC(N)=O)C(=O)CCC(C)CN. The normalized spacial score (nSPS) is 12.2. The Kier molecular flexibility index (Phi) is 6.70. The van der Waals surface area contributed by atoms with E-state index >= 15 is 0 Å². The Hall–Kier alpha value is -1.10. The molecule has 0 aromatic heterocycles. The van der Waals surface area contributed by atoms with Gasteiger partial charge in [0.05, 0.1) is 6.54 Å². The van der Waals surface area contributed by atoms with Crippen LogP contribution in [0.4, 0.5) is 0 Å². The number of hydrogen-bond acceptors (Lipinski definition) is 3. The summed E-state index contributed by atoms with van der Waals surface area (Å²) >= 11 is 0. The highest BCUT2D eigenvalue weighted by Crippen LogP contribution is 2.05. The van der Waals surface area contributed by atoms with E-state index in [0.717, 1.165) is 6.42 Å². The molecule has 0 aromatic carbocycles. The summed E-state index contributed by atoms with van der Waals surface area (Å²) in [6, 6.07) is 0. The molecule has 0 saturated carbocycles. The Balaban J connectivity index is 3.99. The summed E-state index contributed by atoms with van der Waals surface area (Å²) in [5, 5.41) is 0. The van der Waals surface area contributed by atoms with Crippen LogP contribution in [0.15, 0.2) is 0 Å². The fourth-order valence-electron chi connectivity index (χ4n) is 1.21. The Morgan fingerprint density at radius 1 is 1.40 bits per heavy atom. The molecule has 0 radical (unpaired) electrons. The van der Waals surface area contributed by atoms with Crippen LogP contribution in [0.5, 0.6) is 0 Å². The van der Waals surface area contributed by atoms with Gasteiger partial charge in [0, 0.05) is 13.0 Å². The second kappa shape index (κ2) is 7.23. The third-order valence-electron chi connectivity index (χ3n) is 2.33. The second-order valence-electron chi connectivity index (χ2n) is 3.75. The van der Waals surface area contributed by atoms with Gasteiger partial charge in [0.2, 0.25) is 11.8 Å². The number of carbonyl (C=O) groups is 2. The molecule has 5 nitrogen and oxygen atoms in total. The molecule has 1 atom stereocenters. The van der Waals surface area contributed by atoms with E-state index in [1.54, 1.807) is 0 Å². The number of rotatable bonds is 7. The topological polar surface area (TPSA) is 89.4 Å². The Morgan fingerprint density at radius 3 is 2.40 bits per heavy atom. The quantitative estimate of drug-likeness (QED) is 0.610. The predicted molar refractivity (Wildman–Crippen MR) is 58.9 cm³/mol. The molecule has 15 heavy (non-hydrogen) atoms. The van der Waals surface area contributed by atoms with E-state index in [9.17, 15) is 9.59 Å². The van der Waals surface area contributed by atoms with Gasteiger partial charge < -0.3 is 16.4 Å². The smallest absolute Gasteiger partial charge is 0.237 e. The van der Waals surface area contributed by atoms with Crippen LogP contribution >= 0.6 is 0 Å². The van der Waals surface area contributed by atoms with Crippen LogP contribution < -0.4 is 11.5 Å². The third kappa shape index (κ3) is 6.06. The highest BCUT2D eigenvalue weighted by Gasteiger charge is 2.14. The molecule has 0 aliphatic rings. The van der Waals surface area contributed by atoms with Crippen molar-refractivity contribution in [3.05, 3.63) is 0 Å². The predicted octanol–water partition coefficient (Wildman–Crippen LogP) is -0.305. The van der Waals surface area contributed by atoms with Crippen molar-refractivity contribution in [2.75, 3.05) is 19.6 Å². The molecule has 0 fully saturated rings. The van der Waals surface area contributed by atoms with Crippen molar-refractivity contribution in [1.82, 2.24) is 4.90 Å². The van der Waals surface area contributed by atoms with Gasteiger partial charge in [0.15, 0.2) is 0 Å². The van der Waals surface area contributed by atoms with Crippen LogP contribution in [0.2, 0.25) is 0 Å². The molecular formula is C10H21N3O2. The molecule has 0 saturated heterocycles. The molecule has 0 aliphatic carbocycles. The first-order valence-electron chi connectivity index (χ1n) is 5.27. The summed E-state index contributed by atoms with van der Waals surface area (Å²) in [7, 11) is 0. The number of nitrogens with two attached hydrogens (primary N) is 2. The van der Waals surface area contributed by atoms with Crippen molar-refractivity contribution in [1.29, 1.82) is 0 Å². The minimum Gasteiger partial charge on any atom is -0.368 e. The number of hydrogen-bond donors (Lipinski definition) is 2. The molecule has 0 bridgehead atoms. The minimum absolute atomic E-state index is 0.00629. The highest BCUT2D eigenvalue weighted by atomic mass is 16.2. The van der Waals surface area contributed by atoms with Crippen molar-refractivity contribution in [2.24, 2.45) is 17.4 Å². The molecule has 0 heterocycles. The lowest BCUT2D eigenvalue weighted by Crippen LogP contribution is -2.38. The van der Waals surface area contributed by atoms with Crippen LogP contribution in [0.1, 0.15) is 26.7 Å². The molecular weight excluding hydrogens is 194 g/mol. The average molecular weight is 215 g/mol. The molecule has 0 aliphatic heterocycles. The number of carbonyl (C=O) groups excluding carboxylic acids is 2. The standard InChI is InChI=1S/C10H21N3O2/c1-3-13(7-9(12)14)10(15)5-4-8(2)6-11/h8H,3-7,11H2,1-2H3,(H2,12,14). The molecule has 1 unspecified atom stereocenters. The van der Waals surface area contributed by atoms with Crippen molar-refractivity contribution in [2.45, 2.75) is 26.7 Å². The van der Waals surface area contributed by atoms with Gasteiger partial charge >= 0.3 is 0 Å². The number of primary amides is 1. The summed E-state index contributed by atoms with van der Waals surface area (Å²) in [6.45, 7) is 4.92. The summed E-state index contributed by atoms with van der Waals surface area (Å²) in [6.07, 6.45) is 1.18. The van der Waals surface area contributed by atoms with Gasteiger partial charge in [0.25, 0.3) is 0 Å². The van der Waals surface area contributed by atoms with Crippen LogP contribution in [-0.2, 0) is 9.59 Å². The summed E-state index contributed by atoms with van der Waals surface area (Å²) in [4.78, 5) is 23.7. The van der Waals surface area contributed by atoms with Gasteiger partial charge in [-0.2, -0.15) is 0 Å². The maximum atomic E-state index is 11.6. The van der Waals surface area contributed by atoms with Crippen LogP contribution in [0.25, 0.3) is 0 Å². The zero-order chi connectivity index (χ0) is 11.8. The van der Waals surface area contributed by atoms with Gasteiger partial charge in [-0.05, 0) is 25.8 Å². The van der Waals surface area contributed by atoms with Crippen molar-refractivity contribution in [3.63, 3.8) is 0 Å². The summed E-state index contributed by atoms with van der Waals surface area (Å²) in [5.41, 5.74) is 10.5.